The number of carbonyl (C=O) groups excluding carboxylic acids is 2. The van der Waals surface area contributed by atoms with Crippen molar-refractivity contribution in [2.75, 3.05) is 21.3 Å². The zero-order valence-corrected chi connectivity index (χ0v) is 25.7. The number of ketones is 2. The van der Waals surface area contributed by atoms with Crippen LogP contribution < -0.4 is 0 Å². The van der Waals surface area contributed by atoms with Gasteiger partial charge in [0.25, 0.3) is 0 Å². The number of benzene rings is 2. The third-order valence-electron chi connectivity index (χ3n) is 8.39. The highest BCUT2D eigenvalue weighted by Gasteiger charge is 2.42. The summed E-state index contributed by atoms with van der Waals surface area (Å²) in [5.74, 6) is -1.03. The van der Waals surface area contributed by atoms with Gasteiger partial charge < -0.3 is 29.3 Å². The predicted molar refractivity (Wildman–Crippen MR) is 168 cm³/mol. The minimum atomic E-state index is -1.07. The van der Waals surface area contributed by atoms with Crippen molar-refractivity contribution in [1.82, 2.24) is 9.97 Å². The van der Waals surface area contributed by atoms with Crippen LogP contribution in [0.1, 0.15) is 50.1 Å². The van der Waals surface area contributed by atoms with Crippen molar-refractivity contribution in [3.8, 4) is 0 Å². The lowest BCUT2D eigenvalue weighted by Gasteiger charge is -2.28. The first kappa shape index (κ1) is 30.1. The van der Waals surface area contributed by atoms with Crippen LogP contribution in [0.25, 0.3) is 33.0 Å². The average Bonchev–Trinajstić information content (AvgIpc) is 3.58. The molecule has 0 amide bonds. The van der Waals surface area contributed by atoms with Crippen LogP contribution in [0.3, 0.4) is 0 Å². The van der Waals surface area contributed by atoms with Gasteiger partial charge >= 0.3 is 0 Å². The lowest BCUT2D eigenvalue weighted by atomic mass is 9.80. The van der Waals surface area contributed by atoms with Crippen molar-refractivity contribution >= 4 is 44.5 Å². The van der Waals surface area contributed by atoms with Gasteiger partial charge in [0.2, 0.25) is 11.6 Å². The van der Waals surface area contributed by atoms with Crippen LogP contribution in [0, 0.1) is 0 Å². The Hall–Kier alpha value is -4.40. The molecular weight excluding hydrogens is 544 g/mol. The van der Waals surface area contributed by atoms with Crippen molar-refractivity contribution in [2.45, 2.75) is 51.2 Å². The lowest BCUT2D eigenvalue weighted by molar-refractivity contribution is -0.117. The van der Waals surface area contributed by atoms with E-state index in [1.54, 1.807) is 33.2 Å². The third kappa shape index (κ3) is 4.90. The van der Waals surface area contributed by atoms with Crippen molar-refractivity contribution in [1.29, 1.82) is 0 Å². The number of H-pyrrole nitrogens is 2. The zero-order valence-electron chi connectivity index (χ0n) is 25.7. The van der Waals surface area contributed by atoms with E-state index in [0.29, 0.717) is 17.5 Å². The highest BCUT2D eigenvalue weighted by molar-refractivity contribution is 6.48. The van der Waals surface area contributed by atoms with E-state index in [-0.39, 0.29) is 22.7 Å². The maximum absolute atomic E-state index is 14.4. The van der Waals surface area contributed by atoms with Gasteiger partial charge in [0, 0.05) is 63.8 Å². The van der Waals surface area contributed by atoms with E-state index in [9.17, 15) is 14.7 Å². The first-order valence-electron chi connectivity index (χ1n) is 14.1. The summed E-state index contributed by atoms with van der Waals surface area (Å²) in [6, 6.07) is 13.3. The Morgan fingerprint density at radius 1 is 0.907 bits per heavy atom. The zero-order chi connectivity index (χ0) is 31.3. The smallest absolute Gasteiger partial charge is 0.232 e. The summed E-state index contributed by atoms with van der Waals surface area (Å²) in [5.41, 5.74) is 2.96. The molecule has 0 aliphatic heterocycles. The van der Waals surface area contributed by atoms with Crippen LogP contribution in [-0.2, 0) is 35.6 Å². The number of hydrogen-bond acceptors (Lipinski definition) is 6. The number of allylic oxidation sites excluding steroid dienone is 3. The van der Waals surface area contributed by atoms with Crippen LogP contribution in [0.5, 0.6) is 0 Å². The molecule has 1 aliphatic carbocycles. The summed E-state index contributed by atoms with van der Waals surface area (Å²) in [4.78, 5) is 35.5. The third-order valence-corrected chi connectivity index (χ3v) is 8.39. The Kier molecular flexibility index (Phi) is 7.71. The number of aliphatic hydroxyl groups is 1. The second kappa shape index (κ2) is 11.0. The molecule has 43 heavy (non-hydrogen) atoms. The van der Waals surface area contributed by atoms with E-state index in [0.717, 1.165) is 33.1 Å². The maximum Gasteiger partial charge on any atom is 0.232 e. The number of aromatic nitrogens is 2. The van der Waals surface area contributed by atoms with Gasteiger partial charge in [-0.3, -0.25) is 9.59 Å². The van der Waals surface area contributed by atoms with Gasteiger partial charge in [-0.1, -0.05) is 56.3 Å². The molecule has 2 aromatic heterocycles. The number of hydrogen-bond donors (Lipinski definition) is 3. The average molecular weight is 583 g/mol. The number of nitrogens with one attached hydrogen (secondary N) is 2. The molecule has 8 heteroatoms. The largest absolute Gasteiger partial charge is 0.492 e. The van der Waals surface area contributed by atoms with E-state index in [1.807, 2.05) is 56.3 Å². The Morgan fingerprint density at radius 3 is 2.16 bits per heavy atom. The van der Waals surface area contributed by atoms with Gasteiger partial charge in [-0.25, -0.2) is 0 Å². The molecule has 0 bridgehead atoms. The summed E-state index contributed by atoms with van der Waals surface area (Å²) in [6.45, 7) is 11.4. The molecule has 0 radical (unpaired) electrons. The number of carbonyl (C=O) groups is 2. The highest BCUT2D eigenvalue weighted by Crippen LogP contribution is 2.44. The molecule has 5 rings (SSSR count). The summed E-state index contributed by atoms with van der Waals surface area (Å²) in [5, 5.41) is 12.1. The molecule has 1 atom stereocenters. The molecule has 224 valence electrons. The number of ether oxygens (including phenoxy) is 3. The summed E-state index contributed by atoms with van der Waals surface area (Å²) < 4.78 is 17.1. The summed E-state index contributed by atoms with van der Waals surface area (Å²) in [6.07, 6.45) is 3.47. The molecule has 0 saturated heterocycles. The molecule has 8 nitrogen and oxygen atoms in total. The molecule has 3 N–H and O–H groups in total. The van der Waals surface area contributed by atoms with E-state index in [1.165, 1.54) is 14.2 Å². The van der Waals surface area contributed by atoms with Gasteiger partial charge in [-0.2, -0.15) is 0 Å². The van der Waals surface area contributed by atoms with Crippen molar-refractivity contribution in [3.63, 3.8) is 0 Å². The first-order valence-corrected chi connectivity index (χ1v) is 14.1. The SMILES string of the molecule is C=CC(C)(C)c1[nH]c2ccccc2c1C1=C(OC)C(=O)C(c2c[nH]c3c(C[C@H](OC)C(C)(C)O)cccc23)=C(OC)C1=O. The van der Waals surface area contributed by atoms with E-state index >= 15 is 0 Å². The van der Waals surface area contributed by atoms with Gasteiger partial charge in [-0.15, -0.1) is 6.58 Å². The minimum absolute atomic E-state index is 0.0568. The van der Waals surface area contributed by atoms with Gasteiger partial charge in [0.15, 0.2) is 11.5 Å². The molecule has 1 aliphatic rings. The molecule has 0 saturated carbocycles. The highest BCUT2D eigenvalue weighted by atomic mass is 16.5. The van der Waals surface area contributed by atoms with Gasteiger partial charge in [0.05, 0.1) is 37.1 Å². The van der Waals surface area contributed by atoms with Crippen molar-refractivity contribution in [2.24, 2.45) is 0 Å². The predicted octanol–water partition coefficient (Wildman–Crippen LogP) is 6.01. The van der Waals surface area contributed by atoms with Gasteiger partial charge in [-0.05, 0) is 25.5 Å². The topological polar surface area (TPSA) is 114 Å². The number of methoxy groups -OCH3 is 3. The number of Topliss-reactive ketones (excluding diaryl/α,β-unsaturated/α-hetero) is 2. The maximum atomic E-state index is 14.4. The minimum Gasteiger partial charge on any atom is -0.492 e. The lowest BCUT2D eigenvalue weighted by Crippen LogP contribution is -2.39. The molecular formula is C35H38N2O6. The first-order chi connectivity index (χ1) is 20.4. The Balaban J connectivity index is 1.71. The van der Waals surface area contributed by atoms with Gasteiger partial charge in [0.1, 0.15) is 0 Å². The Bertz CT molecular complexity index is 1830. The summed E-state index contributed by atoms with van der Waals surface area (Å²) in [7, 11) is 4.36. The number of rotatable bonds is 10. The Labute approximate surface area is 251 Å². The second-order valence-electron chi connectivity index (χ2n) is 11.9. The summed E-state index contributed by atoms with van der Waals surface area (Å²) >= 11 is 0. The van der Waals surface area contributed by atoms with Crippen LogP contribution in [-0.4, -0.2) is 59.7 Å². The fourth-order valence-electron chi connectivity index (χ4n) is 5.92. The Morgan fingerprint density at radius 2 is 1.53 bits per heavy atom. The van der Waals surface area contributed by atoms with E-state index in [2.05, 4.69) is 16.5 Å². The van der Waals surface area contributed by atoms with E-state index in [4.69, 9.17) is 14.2 Å². The van der Waals surface area contributed by atoms with Crippen LogP contribution in [0.2, 0.25) is 0 Å². The fourth-order valence-corrected chi connectivity index (χ4v) is 5.92. The molecule has 2 heterocycles. The molecule has 0 fully saturated rings. The number of fused-ring (bicyclic) bond motifs is 2. The number of aromatic amines is 2. The number of para-hydroxylation sites is 2. The van der Waals surface area contributed by atoms with E-state index < -0.39 is 28.7 Å². The normalized spacial score (nSPS) is 15.5. The van der Waals surface area contributed by atoms with Crippen molar-refractivity contribution < 1.29 is 28.9 Å². The fraction of sp³-hybridized carbons (Fsp3) is 0.314. The quantitative estimate of drug-likeness (QED) is 0.156. The molecule has 2 aromatic carbocycles. The van der Waals surface area contributed by atoms with Crippen molar-refractivity contribution in [3.05, 3.63) is 95.2 Å². The second-order valence-corrected chi connectivity index (χ2v) is 11.9. The standard InChI is InChI=1S/C35H38N2O6/c1-9-34(2,3)33-25(21-14-10-11-16-23(21)37-33)27-30(39)31(42-7)26(29(38)32(27)43-8)22-18-36-28-19(13-12-15-20(22)28)17-24(41-6)35(4,5)40/h9-16,18,24,36-37,40H,1,17H2,2-8H3/t24-/m0/s1. The molecule has 4 aromatic rings. The van der Waals surface area contributed by atoms with Crippen LogP contribution in [0.4, 0.5) is 0 Å². The van der Waals surface area contributed by atoms with Crippen LogP contribution in [0.15, 0.2) is 72.8 Å². The monoisotopic (exact) mass is 582 g/mol. The molecule has 0 spiro atoms. The molecule has 0 unspecified atom stereocenters. The van der Waals surface area contributed by atoms with Crippen LogP contribution >= 0.6 is 0 Å².